The largest absolute Gasteiger partial charge is 0.377 e. The third-order valence-corrected chi connectivity index (χ3v) is 5.37. The van der Waals surface area contributed by atoms with Gasteiger partial charge in [0.2, 0.25) is 0 Å². The highest BCUT2D eigenvalue weighted by Gasteiger charge is 2.50. The van der Waals surface area contributed by atoms with Gasteiger partial charge in [-0.15, -0.1) is 0 Å². The first-order valence-corrected chi connectivity index (χ1v) is 9.53. The first-order valence-electron chi connectivity index (χ1n) is 7.47. The molecule has 0 aromatic heterocycles. The smallest absolute Gasteiger partial charge is 0.147 e. The fraction of sp³-hybridized carbons (Fsp3) is 1.00. The van der Waals surface area contributed by atoms with Crippen molar-refractivity contribution in [2.75, 3.05) is 31.7 Å². The maximum Gasteiger partial charge on any atom is 0.147 e. The molecule has 0 amide bonds. The van der Waals surface area contributed by atoms with E-state index in [1.54, 1.807) is 0 Å². The fourth-order valence-corrected chi connectivity index (χ4v) is 3.97. The molecule has 1 heterocycles. The molecule has 2 atom stereocenters. The minimum atomic E-state index is -2.89. The van der Waals surface area contributed by atoms with Crippen LogP contribution in [0.1, 0.15) is 39.0 Å². The summed E-state index contributed by atoms with van der Waals surface area (Å²) in [6.45, 7) is 4.84. The van der Waals surface area contributed by atoms with Crippen molar-refractivity contribution in [3.63, 3.8) is 0 Å². The van der Waals surface area contributed by atoms with Crippen molar-refractivity contribution in [1.82, 2.24) is 5.32 Å². The Morgan fingerprint density at radius 1 is 1.37 bits per heavy atom. The van der Waals surface area contributed by atoms with Gasteiger partial charge in [-0.25, -0.2) is 8.42 Å². The van der Waals surface area contributed by atoms with E-state index in [0.29, 0.717) is 5.92 Å². The van der Waals surface area contributed by atoms with Gasteiger partial charge in [-0.2, -0.15) is 0 Å². The third kappa shape index (κ3) is 4.17. The van der Waals surface area contributed by atoms with Crippen molar-refractivity contribution in [2.45, 2.75) is 45.1 Å². The zero-order valence-corrected chi connectivity index (χ0v) is 13.0. The second-order valence-corrected chi connectivity index (χ2v) is 8.56. The maximum atomic E-state index is 11.5. The van der Waals surface area contributed by atoms with Crippen molar-refractivity contribution >= 4 is 9.84 Å². The van der Waals surface area contributed by atoms with Gasteiger partial charge in [0, 0.05) is 24.8 Å². The summed E-state index contributed by atoms with van der Waals surface area (Å²) in [6, 6.07) is 0. The van der Waals surface area contributed by atoms with Crippen molar-refractivity contribution < 1.29 is 13.2 Å². The molecule has 1 aliphatic heterocycles. The van der Waals surface area contributed by atoms with Crippen LogP contribution < -0.4 is 5.32 Å². The highest BCUT2D eigenvalue weighted by Crippen LogP contribution is 2.49. The molecule has 4 nitrogen and oxygen atoms in total. The molecule has 1 saturated carbocycles. The lowest BCUT2D eigenvalue weighted by Gasteiger charge is -2.34. The van der Waals surface area contributed by atoms with Gasteiger partial charge in [0.25, 0.3) is 0 Å². The van der Waals surface area contributed by atoms with Gasteiger partial charge in [0.1, 0.15) is 9.84 Å². The standard InChI is InChI=1S/C14H27NO3S/c1-3-8-15-11-14(7-10-19(2,16)17)6-9-18-13(14)12-4-5-12/h12-13,15H,3-11H2,1-2H3. The summed E-state index contributed by atoms with van der Waals surface area (Å²) in [6.07, 6.45) is 6.96. The van der Waals surface area contributed by atoms with E-state index in [0.717, 1.165) is 39.0 Å². The van der Waals surface area contributed by atoms with Crippen LogP contribution in [0.5, 0.6) is 0 Å². The molecule has 19 heavy (non-hydrogen) atoms. The predicted molar refractivity (Wildman–Crippen MR) is 77.0 cm³/mol. The lowest BCUT2D eigenvalue weighted by molar-refractivity contribution is 0.0292. The SMILES string of the molecule is CCCNCC1(CCS(C)(=O)=O)CCOC1C1CC1. The first kappa shape index (κ1) is 15.3. The molecular weight excluding hydrogens is 262 g/mol. The van der Waals surface area contributed by atoms with Crippen LogP contribution in [0.15, 0.2) is 0 Å². The molecule has 0 aromatic carbocycles. The molecule has 0 bridgehead atoms. The highest BCUT2D eigenvalue weighted by atomic mass is 32.2. The van der Waals surface area contributed by atoms with Gasteiger partial charge < -0.3 is 10.1 Å². The van der Waals surface area contributed by atoms with Gasteiger partial charge in [-0.3, -0.25) is 0 Å². The molecule has 1 N–H and O–H groups in total. The van der Waals surface area contributed by atoms with Gasteiger partial charge in [0.05, 0.1) is 11.9 Å². The van der Waals surface area contributed by atoms with Crippen LogP contribution >= 0.6 is 0 Å². The van der Waals surface area contributed by atoms with Crippen LogP contribution in [0.3, 0.4) is 0 Å². The van der Waals surface area contributed by atoms with Crippen LogP contribution in [0.25, 0.3) is 0 Å². The summed E-state index contributed by atoms with van der Waals surface area (Å²) in [5, 5.41) is 3.49. The van der Waals surface area contributed by atoms with Gasteiger partial charge in [-0.1, -0.05) is 6.92 Å². The number of sulfone groups is 1. The predicted octanol–water partition coefficient (Wildman–Crippen LogP) is 1.61. The second-order valence-electron chi connectivity index (χ2n) is 6.30. The van der Waals surface area contributed by atoms with E-state index in [2.05, 4.69) is 12.2 Å². The van der Waals surface area contributed by atoms with Crippen molar-refractivity contribution in [1.29, 1.82) is 0 Å². The second kappa shape index (κ2) is 6.10. The number of hydrogen-bond acceptors (Lipinski definition) is 4. The Morgan fingerprint density at radius 3 is 2.68 bits per heavy atom. The van der Waals surface area contributed by atoms with Crippen molar-refractivity contribution in [2.24, 2.45) is 11.3 Å². The van der Waals surface area contributed by atoms with E-state index in [4.69, 9.17) is 4.74 Å². The van der Waals surface area contributed by atoms with Crippen molar-refractivity contribution in [3.05, 3.63) is 0 Å². The maximum absolute atomic E-state index is 11.5. The van der Waals surface area contributed by atoms with Crippen LogP contribution in [-0.2, 0) is 14.6 Å². The number of nitrogens with one attached hydrogen (secondary N) is 1. The molecule has 0 aromatic rings. The van der Waals surface area contributed by atoms with Gasteiger partial charge in [-0.05, 0) is 44.6 Å². The van der Waals surface area contributed by atoms with E-state index in [9.17, 15) is 8.42 Å². The lowest BCUT2D eigenvalue weighted by Crippen LogP contribution is -2.43. The van der Waals surface area contributed by atoms with Crippen LogP contribution in [0.4, 0.5) is 0 Å². The van der Waals surface area contributed by atoms with E-state index in [1.807, 2.05) is 0 Å². The minimum Gasteiger partial charge on any atom is -0.377 e. The van der Waals surface area contributed by atoms with Crippen molar-refractivity contribution in [3.8, 4) is 0 Å². The summed E-state index contributed by atoms with van der Waals surface area (Å²) in [7, 11) is -2.89. The lowest BCUT2D eigenvalue weighted by atomic mass is 9.76. The average Bonchev–Trinajstić information content (AvgIpc) is 3.09. The summed E-state index contributed by atoms with van der Waals surface area (Å²) in [5.74, 6) is 0.957. The Balaban J connectivity index is 2.02. The normalized spacial score (nSPS) is 31.8. The summed E-state index contributed by atoms with van der Waals surface area (Å²) >= 11 is 0. The minimum absolute atomic E-state index is 0.0411. The fourth-order valence-electron chi connectivity index (χ4n) is 3.19. The van der Waals surface area contributed by atoms with Crippen LogP contribution in [0.2, 0.25) is 0 Å². The Kier molecular flexibility index (Phi) is 4.90. The summed E-state index contributed by atoms with van der Waals surface area (Å²) in [4.78, 5) is 0. The van der Waals surface area contributed by atoms with E-state index >= 15 is 0 Å². The summed E-state index contributed by atoms with van der Waals surface area (Å²) in [5.41, 5.74) is 0.0411. The third-order valence-electron chi connectivity index (χ3n) is 4.43. The van der Waals surface area contributed by atoms with Gasteiger partial charge >= 0.3 is 0 Å². The molecule has 0 spiro atoms. The molecule has 112 valence electrons. The van der Waals surface area contributed by atoms with E-state index in [-0.39, 0.29) is 17.3 Å². The van der Waals surface area contributed by atoms with E-state index < -0.39 is 9.84 Å². The highest BCUT2D eigenvalue weighted by molar-refractivity contribution is 7.90. The molecule has 5 heteroatoms. The Hall–Kier alpha value is -0.130. The molecule has 1 saturated heterocycles. The van der Waals surface area contributed by atoms with E-state index in [1.165, 1.54) is 19.1 Å². The zero-order valence-electron chi connectivity index (χ0n) is 12.2. The molecular formula is C14H27NO3S. The number of ether oxygens (including phenoxy) is 1. The Labute approximate surface area is 117 Å². The number of hydrogen-bond donors (Lipinski definition) is 1. The average molecular weight is 289 g/mol. The Bertz CT molecular complexity index is 391. The first-order chi connectivity index (χ1) is 8.97. The van der Waals surface area contributed by atoms with Gasteiger partial charge in [0.15, 0.2) is 0 Å². The van der Waals surface area contributed by atoms with Crippen LogP contribution in [-0.4, -0.2) is 46.2 Å². The number of rotatable bonds is 8. The molecule has 1 aliphatic carbocycles. The summed E-state index contributed by atoms with van der Waals surface area (Å²) < 4.78 is 28.9. The molecule has 0 radical (unpaired) electrons. The monoisotopic (exact) mass is 289 g/mol. The molecule has 2 rings (SSSR count). The molecule has 2 aliphatic rings. The zero-order chi connectivity index (χ0) is 13.9. The Morgan fingerprint density at radius 2 is 2.11 bits per heavy atom. The van der Waals surface area contributed by atoms with Crippen LogP contribution in [0, 0.1) is 11.3 Å². The molecule has 2 unspecified atom stereocenters. The molecule has 2 fully saturated rings. The topological polar surface area (TPSA) is 55.4 Å². The quantitative estimate of drug-likeness (QED) is 0.690.